The summed E-state index contributed by atoms with van der Waals surface area (Å²) in [5.41, 5.74) is 1.90. The maximum atomic E-state index is 5.82. The van der Waals surface area contributed by atoms with Gasteiger partial charge in [0, 0.05) is 17.9 Å². The maximum Gasteiger partial charge on any atom is 0.184 e. The van der Waals surface area contributed by atoms with Crippen molar-refractivity contribution in [1.29, 1.82) is 0 Å². The molecule has 1 aromatic carbocycles. The van der Waals surface area contributed by atoms with Crippen molar-refractivity contribution >= 4 is 44.8 Å². The average Bonchev–Trinajstić information content (AvgIpc) is 2.57. The molecule has 0 fully saturated rings. The van der Waals surface area contributed by atoms with Crippen LogP contribution in [0.15, 0.2) is 18.2 Å². The Hall–Kier alpha value is -0.750. The molecule has 4 heteroatoms. The molecule has 2 rings (SSSR count). The lowest BCUT2D eigenvalue weighted by atomic mass is 10.2. The first-order valence-electron chi connectivity index (χ1n) is 4.40. The number of hydrogen-bond donors (Lipinski definition) is 0. The van der Waals surface area contributed by atoms with E-state index >= 15 is 0 Å². The van der Waals surface area contributed by atoms with Gasteiger partial charge in [0.1, 0.15) is 0 Å². The van der Waals surface area contributed by atoms with Gasteiger partial charge in [-0.1, -0.05) is 23.4 Å². The van der Waals surface area contributed by atoms with Crippen LogP contribution in [0.25, 0.3) is 10.2 Å². The fourth-order valence-corrected chi connectivity index (χ4v) is 2.35. The second-order valence-electron chi connectivity index (χ2n) is 2.89. The molecule has 1 heterocycles. The van der Waals surface area contributed by atoms with Crippen molar-refractivity contribution in [3.63, 3.8) is 0 Å². The molecule has 0 bridgehead atoms. The summed E-state index contributed by atoms with van der Waals surface area (Å²) in [7, 11) is 0. The van der Waals surface area contributed by atoms with Crippen LogP contribution >= 0.6 is 34.5 Å². The number of thiazole rings is 1. The molecule has 0 unspecified atom stereocenters. The van der Waals surface area contributed by atoms with E-state index in [4.69, 9.17) is 23.2 Å². The van der Waals surface area contributed by atoms with Crippen LogP contribution in [-0.4, -0.2) is 10.9 Å². The number of fused-ring (bicyclic) bond motifs is 1. The summed E-state index contributed by atoms with van der Waals surface area (Å²) in [5, 5.41) is 0. The van der Waals surface area contributed by atoms with Gasteiger partial charge in [0.05, 0.1) is 10.2 Å². The molecule has 0 aliphatic heterocycles. The molecule has 76 valence electrons. The lowest BCUT2D eigenvalue weighted by molar-refractivity contribution is 1.29. The Morgan fingerprint density at radius 2 is 2.27 bits per heavy atom. The van der Waals surface area contributed by atoms with Gasteiger partial charge in [0.15, 0.2) is 4.47 Å². The predicted octanol–water partition coefficient (Wildman–Crippen LogP) is 3.93. The molecule has 0 spiro atoms. The van der Waals surface area contributed by atoms with Gasteiger partial charge in [0.25, 0.3) is 0 Å². The van der Waals surface area contributed by atoms with Gasteiger partial charge >= 0.3 is 0 Å². The Kier molecular flexibility index (Phi) is 3.48. The Labute approximate surface area is 102 Å². The van der Waals surface area contributed by atoms with Gasteiger partial charge in [-0.05, 0) is 18.2 Å². The molecule has 15 heavy (non-hydrogen) atoms. The summed E-state index contributed by atoms with van der Waals surface area (Å²) in [6, 6.07) is 5.88. The molecule has 1 nitrogen and oxygen atoms in total. The smallest absolute Gasteiger partial charge is 0.184 e. The van der Waals surface area contributed by atoms with E-state index in [0.717, 1.165) is 15.8 Å². The molecule has 0 saturated carbocycles. The van der Waals surface area contributed by atoms with Crippen LogP contribution in [0.1, 0.15) is 12.0 Å². The average molecular weight is 256 g/mol. The zero-order valence-corrected chi connectivity index (χ0v) is 10.1. The number of hydrogen-bond acceptors (Lipinski definition) is 2. The molecule has 0 amide bonds. The Balaban J connectivity index is 2.35. The van der Waals surface area contributed by atoms with E-state index in [1.807, 2.05) is 18.2 Å². The SMILES string of the molecule is ClCCC#Cc1ccc2nc(Cl)sc2c1. The van der Waals surface area contributed by atoms with E-state index in [-0.39, 0.29) is 0 Å². The van der Waals surface area contributed by atoms with Gasteiger partial charge in [-0.15, -0.1) is 22.9 Å². The topological polar surface area (TPSA) is 12.9 Å². The molecule has 0 saturated heterocycles. The van der Waals surface area contributed by atoms with Crippen LogP contribution in [0.3, 0.4) is 0 Å². The molecule has 1 aromatic heterocycles. The first-order chi connectivity index (χ1) is 7.29. The minimum absolute atomic E-state index is 0.566. The van der Waals surface area contributed by atoms with Gasteiger partial charge in [-0.25, -0.2) is 4.98 Å². The van der Waals surface area contributed by atoms with Gasteiger partial charge in [-0.2, -0.15) is 0 Å². The van der Waals surface area contributed by atoms with Crippen molar-refractivity contribution in [2.24, 2.45) is 0 Å². The summed E-state index contributed by atoms with van der Waals surface area (Å²) in [5.74, 6) is 6.61. The third-order valence-corrected chi connectivity index (χ3v) is 3.13. The van der Waals surface area contributed by atoms with Crippen molar-refractivity contribution in [1.82, 2.24) is 4.98 Å². The summed E-state index contributed by atoms with van der Waals surface area (Å²) in [6.07, 6.45) is 0.711. The summed E-state index contributed by atoms with van der Waals surface area (Å²) >= 11 is 12.8. The van der Waals surface area contributed by atoms with Crippen LogP contribution < -0.4 is 0 Å². The fraction of sp³-hybridized carbons (Fsp3) is 0.182. The summed E-state index contributed by atoms with van der Waals surface area (Å²) < 4.78 is 1.63. The molecular formula is C11H7Cl2NS. The number of halogens is 2. The number of nitrogens with zero attached hydrogens (tertiary/aromatic N) is 1. The first kappa shape index (κ1) is 10.8. The third-order valence-electron chi connectivity index (χ3n) is 1.81. The third kappa shape index (κ3) is 2.63. The second kappa shape index (κ2) is 4.85. The van der Waals surface area contributed by atoms with E-state index in [2.05, 4.69) is 16.8 Å². The minimum Gasteiger partial charge on any atom is -0.225 e. The normalized spacial score (nSPS) is 10.0. The molecule has 0 aliphatic rings. The van der Waals surface area contributed by atoms with E-state index in [1.54, 1.807) is 0 Å². The lowest BCUT2D eigenvalue weighted by Crippen LogP contribution is -1.74. The summed E-state index contributed by atoms with van der Waals surface area (Å²) in [6.45, 7) is 0. The zero-order valence-electron chi connectivity index (χ0n) is 7.76. The number of aromatic nitrogens is 1. The highest BCUT2D eigenvalue weighted by Crippen LogP contribution is 2.26. The van der Waals surface area contributed by atoms with E-state index in [0.29, 0.717) is 16.8 Å². The number of alkyl halides is 1. The molecule has 0 N–H and O–H groups in total. The van der Waals surface area contributed by atoms with Gasteiger partial charge in [-0.3, -0.25) is 0 Å². The molecule has 0 radical (unpaired) electrons. The molecule has 0 aliphatic carbocycles. The lowest BCUT2D eigenvalue weighted by Gasteiger charge is -1.89. The Morgan fingerprint density at radius 3 is 3.07 bits per heavy atom. The summed E-state index contributed by atoms with van der Waals surface area (Å²) in [4.78, 5) is 4.17. The van der Waals surface area contributed by atoms with Gasteiger partial charge < -0.3 is 0 Å². The Bertz CT molecular complexity index is 536. The highest BCUT2D eigenvalue weighted by atomic mass is 35.5. The molecule has 2 aromatic rings. The van der Waals surface area contributed by atoms with Crippen molar-refractivity contribution in [3.05, 3.63) is 28.2 Å². The Morgan fingerprint density at radius 1 is 1.40 bits per heavy atom. The van der Waals surface area contributed by atoms with Crippen molar-refractivity contribution < 1.29 is 0 Å². The monoisotopic (exact) mass is 255 g/mol. The molecule has 0 atom stereocenters. The predicted molar refractivity (Wildman–Crippen MR) is 66.8 cm³/mol. The number of rotatable bonds is 1. The van der Waals surface area contributed by atoms with Crippen LogP contribution in [0.2, 0.25) is 4.47 Å². The van der Waals surface area contributed by atoms with Crippen molar-refractivity contribution in [2.75, 3.05) is 5.88 Å². The largest absolute Gasteiger partial charge is 0.225 e. The second-order valence-corrected chi connectivity index (χ2v) is 4.88. The van der Waals surface area contributed by atoms with E-state index in [1.165, 1.54) is 11.3 Å². The molecular weight excluding hydrogens is 249 g/mol. The maximum absolute atomic E-state index is 5.82. The van der Waals surface area contributed by atoms with Crippen LogP contribution in [0, 0.1) is 11.8 Å². The highest BCUT2D eigenvalue weighted by molar-refractivity contribution is 7.22. The fourth-order valence-electron chi connectivity index (χ4n) is 1.19. The minimum atomic E-state index is 0.566. The number of benzene rings is 1. The van der Waals surface area contributed by atoms with E-state index < -0.39 is 0 Å². The van der Waals surface area contributed by atoms with Gasteiger partial charge in [0.2, 0.25) is 0 Å². The zero-order chi connectivity index (χ0) is 10.7. The standard InChI is InChI=1S/C11H7Cl2NS/c12-6-2-1-3-8-4-5-9-10(7-8)15-11(13)14-9/h4-5,7H,2,6H2. The van der Waals surface area contributed by atoms with Crippen LogP contribution in [0.5, 0.6) is 0 Å². The highest BCUT2D eigenvalue weighted by Gasteiger charge is 2.00. The first-order valence-corrected chi connectivity index (χ1v) is 6.13. The van der Waals surface area contributed by atoms with Crippen LogP contribution in [-0.2, 0) is 0 Å². The van der Waals surface area contributed by atoms with Crippen molar-refractivity contribution in [2.45, 2.75) is 6.42 Å². The van der Waals surface area contributed by atoms with Crippen LogP contribution in [0.4, 0.5) is 0 Å². The quantitative estimate of drug-likeness (QED) is 0.556. The van der Waals surface area contributed by atoms with E-state index in [9.17, 15) is 0 Å². The van der Waals surface area contributed by atoms with Crippen molar-refractivity contribution in [3.8, 4) is 11.8 Å².